The topological polar surface area (TPSA) is 71.4 Å². The fourth-order valence-electron chi connectivity index (χ4n) is 4.78. The van der Waals surface area contributed by atoms with E-state index in [1.807, 2.05) is 20.8 Å². The molecule has 0 radical (unpaired) electrons. The van der Waals surface area contributed by atoms with E-state index in [0.29, 0.717) is 23.1 Å². The average Bonchev–Trinajstić information content (AvgIpc) is 2.49. The van der Waals surface area contributed by atoms with Crippen LogP contribution >= 0.6 is 0 Å². The Morgan fingerprint density at radius 3 is 2.38 bits per heavy atom. The number of hydrogen-bond acceptors (Lipinski definition) is 4. The first-order valence-electron chi connectivity index (χ1n) is 8.47. The first-order valence-corrected chi connectivity index (χ1v) is 8.47. The van der Waals surface area contributed by atoms with Gasteiger partial charge in [0.25, 0.3) is 0 Å². The molecule has 2 bridgehead atoms. The zero-order valence-corrected chi connectivity index (χ0v) is 14.8. The van der Waals surface area contributed by atoms with Gasteiger partial charge in [0.05, 0.1) is 5.92 Å². The lowest BCUT2D eigenvalue weighted by Gasteiger charge is -2.53. The second kappa shape index (κ2) is 5.01. The summed E-state index contributed by atoms with van der Waals surface area (Å²) in [7, 11) is 0. The van der Waals surface area contributed by atoms with Crippen molar-refractivity contribution in [3.05, 3.63) is 28.8 Å². The van der Waals surface area contributed by atoms with Crippen LogP contribution in [0.4, 0.5) is 0 Å². The van der Waals surface area contributed by atoms with Crippen LogP contribution in [-0.2, 0) is 15.0 Å². The maximum Gasteiger partial charge on any atom is 0.173 e. The number of rotatable bonds is 2. The summed E-state index contributed by atoms with van der Waals surface area (Å²) < 4.78 is 0. The van der Waals surface area contributed by atoms with Crippen LogP contribution in [0.15, 0.2) is 12.1 Å². The van der Waals surface area contributed by atoms with Gasteiger partial charge in [-0.1, -0.05) is 34.6 Å². The summed E-state index contributed by atoms with van der Waals surface area (Å²) in [6.07, 6.45) is 1.19. The van der Waals surface area contributed by atoms with E-state index >= 15 is 0 Å². The number of aldehydes is 1. The Kier molecular flexibility index (Phi) is 3.52. The normalized spacial score (nSPS) is 31.1. The van der Waals surface area contributed by atoms with E-state index in [4.69, 9.17) is 0 Å². The van der Waals surface area contributed by atoms with Gasteiger partial charge in [-0.2, -0.15) is 0 Å². The highest BCUT2D eigenvalue weighted by molar-refractivity contribution is 6.15. The molecule has 3 atom stereocenters. The molecule has 0 saturated heterocycles. The second-order valence-electron chi connectivity index (χ2n) is 8.35. The summed E-state index contributed by atoms with van der Waals surface area (Å²) in [5, 5.41) is 10.4. The number of carbonyl (C=O) groups excluding carboxylic acids is 3. The van der Waals surface area contributed by atoms with E-state index in [1.54, 1.807) is 26.0 Å². The van der Waals surface area contributed by atoms with Gasteiger partial charge in [-0.15, -0.1) is 0 Å². The average molecular weight is 328 g/mol. The molecule has 0 heterocycles. The first kappa shape index (κ1) is 16.9. The highest BCUT2D eigenvalue weighted by Gasteiger charge is 2.60. The fourth-order valence-corrected chi connectivity index (χ4v) is 4.78. The SMILES string of the molecule is CC(C)c1cc2c(cc1O)C1(C)CC(C2=O)C(=O)C(C)(C)C1C=O. The third kappa shape index (κ3) is 1.95. The summed E-state index contributed by atoms with van der Waals surface area (Å²) in [6.45, 7) is 9.32. The Morgan fingerprint density at radius 1 is 1.21 bits per heavy atom. The zero-order chi connectivity index (χ0) is 18.0. The molecule has 2 aliphatic carbocycles. The predicted octanol–water partition coefficient (Wildman–Crippen LogP) is 3.40. The Balaban J connectivity index is 2.33. The molecule has 0 amide bonds. The number of benzene rings is 1. The van der Waals surface area contributed by atoms with Crippen LogP contribution in [0.5, 0.6) is 5.75 Å². The van der Waals surface area contributed by atoms with Crippen LogP contribution in [0.2, 0.25) is 0 Å². The summed E-state index contributed by atoms with van der Waals surface area (Å²) in [4.78, 5) is 37.7. The minimum Gasteiger partial charge on any atom is -0.508 e. The van der Waals surface area contributed by atoms with Crippen LogP contribution in [0, 0.1) is 17.3 Å². The molecule has 0 aliphatic heterocycles. The smallest absolute Gasteiger partial charge is 0.173 e. The molecule has 4 heteroatoms. The van der Waals surface area contributed by atoms with Gasteiger partial charge < -0.3 is 9.90 Å². The van der Waals surface area contributed by atoms with Crippen LogP contribution in [0.1, 0.15) is 68.4 Å². The molecule has 1 fully saturated rings. The van der Waals surface area contributed by atoms with Crippen molar-refractivity contribution in [3.8, 4) is 5.75 Å². The molecule has 0 aromatic heterocycles. The largest absolute Gasteiger partial charge is 0.508 e. The van der Waals surface area contributed by atoms with Gasteiger partial charge in [0.2, 0.25) is 0 Å². The van der Waals surface area contributed by atoms with Crippen molar-refractivity contribution >= 4 is 17.9 Å². The molecule has 1 N–H and O–H groups in total. The summed E-state index contributed by atoms with van der Waals surface area (Å²) in [6, 6.07) is 3.36. The lowest BCUT2D eigenvalue weighted by atomic mass is 9.47. The number of phenolic OH excluding ortho intramolecular Hbond substituents is 1. The summed E-state index contributed by atoms with van der Waals surface area (Å²) >= 11 is 0. The number of carbonyl (C=O) groups is 3. The van der Waals surface area contributed by atoms with Crippen LogP contribution in [0.3, 0.4) is 0 Å². The van der Waals surface area contributed by atoms with Crippen molar-refractivity contribution in [3.63, 3.8) is 0 Å². The minimum atomic E-state index is -0.890. The van der Waals surface area contributed by atoms with Gasteiger partial charge in [-0.25, -0.2) is 0 Å². The second-order valence-corrected chi connectivity index (χ2v) is 8.35. The molecule has 128 valence electrons. The number of hydrogen-bond donors (Lipinski definition) is 1. The molecular weight excluding hydrogens is 304 g/mol. The molecule has 0 spiro atoms. The van der Waals surface area contributed by atoms with E-state index in [1.165, 1.54) is 0 Å². The van der Waals surface area contributed by atoms with Gasteiger partial charge in [0, 0.05) is 22.3 Å². The predicted molar refractivity (Wildman–Crippen MR) is 90.3 cm³/mol. The van der Waals surface area contributed by atoms with Gasteiger partial charge in [-0.05, 0) is 35.6 Å². The van der Waals surface area contributed by atoms with E-state index < -0.39 is 22.7 Å². The van der Waals surface area contributed by atoms with E-state index in [9.17, 15) is 19.5 Å². The van der Waals surface area contributed by atoms with Gasteiger partial charge in [-0.3, -0.25) is 9.59 Å². The zero-order valence-electron chi connectivity index (χ0n) is 14.8. The molecule has 4 nitrogen and oxygen atoms in total. The quantitative estimate of drug-likeness (QED) is 0.667. The van der Waals surface area contributed by atoms with E-state index in [0.717, 1.165) is 6.29 Å². The standard InChI is InChI=1S/C20H24O4/c1-10(2)11-6-12-14(7-15(11)22)20(5)8-13(17(12)23)18(24)19(3,4)16(20)9-21/h6-7,9-10,13,16,22H,8H2,1-5H3. The molecule has 2 aliphatic rings. The van der Waals surface area contributed by atoms with Crippen molar-refractivity contribution in [1.29, 1.82) is 0 Å². The first-order chi connectivity index (χ1) is 11.1. The van der Waals surface area contributed by atoms with Gasteiger partial charge in [0.15, 0.2) is 5.78 Å². The Labute approximate surface area is 142 Å². The number of aromatic hydroxyl groups is 1. The van der Waals surface area contributed by atoms with E-state index in [2.05, 4.69) is 0 Å². The van der Waals surface area contributed by atoms with Crippen molar-refractivity contribution < 1.29 is 19.5 Å². The monoisotopic (exact) mass is 328 g/mol. The third-order valence-corrected chi connectivity index (χ3v) is 6.17. The molecule has 3 rings (SSSR count). The number of fused-ring (bicyclic) bond motifs is 4. The minimum absolute atomic E-state index is 0.0617. The number of ketones is 2. The Hall–Kier alpha value is -1.97. The maximum absolute atomic E-state index is 13.0. The van der Waals surface area contributed by atoms with Crippen molar-refractivity contribution in [2.45, 2.75) is 52.4 Å². The highest BCUT2D eigenvalue weighted by Crippen LogP contribution is 2.56. The van der Waals surface area contributed by atoms with Crippen LogP contribution < -0.4 is 0 Å². The molecule has 1 saturated carbocycles. The molecular formula is C20H24O4. The summed E-state index contributed by atoms with van der Waals surface area (Å²) in [5.41, 5.74) is 0.369. The third-order valence-electron chi connectivity index (χ3n) is 6.17. The van der Waals surface area contributed by atoms with Gasteiger partial charge >= 0.3 is 0 Å². The van der Waals surface area contributed by atoms with Crippen LogP contribution in [-0.4, -0.2) is 23.0 Å². The molecule has 24 heavy (non-hydrogen) atoms. The lowest BCUT2D eigenvalue weighted by Crippen LogP contribution is -2.59. The van der Waals surface area contributed by atoms with Crippen molar-refractivity contribution in [2.75, 3.05) is 0 Å². The van der Waals surface area contributed by atoms with Crippen molar-refractivity contribution in [1.82, 2.24) is 0 Å². The van der Waals surface area contributed by atoms with Crippen molar-refractivity contribution in [2.24, 2.45) is 17.3 Å². The molecule has 3 unspecified atom stereocenters. The molecule has 1 aromatic carbocycles. The lowest BCUT2D eigenvalue weighted by molar-refractivity contribution is -0.144. The van der Waals surface area contributed by atoms with Gasteiger partial charge in [0.1, 0.15) is 17.8 Å². The van der Waals surface area contributed by atoms with Crippen LogP contribution in [0.25, 0.3) is 0 Å². The number of Topliss-reactive ketones (excluding diaryl/α,β-unsaturated/α-hetero) is 2. The molecule has 1 aromatic rings. The Morgan fingerprint density at radius 2 is 1.83 bits per heavy atom. The number of phenols is 1. The maximum atomic E-state index is 13.0. The summed E-state index contributed by atoms with van der Waals surface area (Å²) in [5.74, 6) is -1.33. The van der Waals surface area contributed by atoms with E-state index in [-0.39, 0.29) is 23.2 Å². The highest BCUT2D eigenvalue weighted by atomic mass is 16.3. The Bertz CT molecular complexity index is 759. The fraction of sp³-hybridized carbons (Fsp3) is 0.550.